The molecule has 0 heterocycles. The molecule has 0 spiro atoms. The minimum Gasteiger partial charge on any atom is -0.450 e. The Labute approximate surface area is 68.3 Å². The summed E-state index contributed by atoms with van der Waals surface area (Å²) in [5, 5.41) is 0. The second kappa shape index (κ2) is 4.99. The summed E-state index contributed by atoms with van der Waals surface area (Å²) >= 11 is 0. The Kier molecular flexibility index (Phi) is 4.66. The third-order valence-corrected chi connectivity index (χ3v) is 1.47. The third kappa shape index (κ3) is 3.25. The summed E-state index contributed by atoms with van der Waals surface area (Å²) < 4.78 is 4.84. The van der Waals surface area contributed by atoms with Crippen molar-refractivity contribution >= 4 is 6.09 Å². The van der Waals surface area contributed by atoms with Crippen LogP contribution in [0.5, 0.6) is 0 Å². The number of carbonyl (C=O) groups excluding carboxylic acids is 1. The Morgan fingerprint density at radius 1 is 1.45 bits per heavy atom. The van der Waals surface area contributed by atoms with Crippen molar-refractivity contribution in [1.82, 2.24) is 4.90 Å². The Bertz CT molecular complexity index is 123. The highest BCUT2D eigenvalue weighted by molar-refractivity contribution is 5.67. The lowest BCUT2D eigenvalue weighted by Crippen LogP contribution is -2.37. The minimum absolute atomic E-state index is 0.218. The smallest absolute Gasteiger partial charge is 0.409 e. The average molecular weight is 159 g/mol. The predicted octanol–water partition coefficient (Wildman–Crippen LogP) is 1.87. The van der Waals surface area contributed by atoms with Crippen LogP contribution in [0.4, 0.5) is 4.79 Å². The summed E-state index contributed by atoms with van der Waals surface area (Å²) in [4.78, 5) is 12.8. The highest BCUT2D eigenvalue weighted by atomic mass is 16.6. The summed E-state index contributed by atoms with van der Waals surface area (Å²) in [6, 6.07) is 0.221. The number of rotatable bonds is 3. The van der Waals surface area contributed by atoms with Crippen molar-refractivity contribution in [2.45, 2.75) is 33.7 Å². The van der Waals surface area contributed by atoms with E-state index in [2.05, 4.69) is 0 Å². The van der Waals surface area contributed by atoms with E-state index in [1.54, 1.807) is 4.90 Å². The van der Waals surface area contributed by atoms with Gasteiger partial charge in [0.15, 0.2) is 0 Å². The molecule has 3 heteroatoms. The Morgan fingerprint density at radius 3 is 2.27 bits per heavy atom. The van der Waals surface area contributed by atoms with Gasteiger partial charge in [-0.15, -0.1) is 0 Å². The topological polar surface area (TPSA) is 29.5 Å². The summed E-state index contributed by atoms with van der Waals surface area (Å²) in [5.74, 6) is 0. The molecule has 11 heavy (non-hydrogen) atoms. The van der Waals surface area contributed by atoms with Crippen LogP contribution in [0, 0.1) is 0 Å². The second-order valence-electron chi connectivity index (χ2n) is 2.58. The lowest BCUT2D eigenvalue weighted by atomic mass is 10.3. The molecule has 0 saturated carbocycles. The molecule has 0 atom stereocenters. The molecule has 0 aromatic carbocycles. The molecule has 0 aromatic heterocycles. The van der Waals surface area contributed by atoms with Gasteiger partial charge in [-0.25, -0.2) is 4.79 Å². The maximum Gasteiger partial charge on any atom is 0.409 e. The molecule has 3 nitrogen and oxygen atoms in total. The first kappa shape index (κ1) is 10.3. The quantitative estimate of drug-likeness (QED) is 0.629. The van der Waals surface area contributed by atoms with Gasteiger partial charge >= 0.3 is 6.09 Å². The van der Waals surface area contributed by atoms with Crippen LogP contribution in [-0.4, -0.2) is 30.2 Å². The van der Waals surface area contributed by atoms with Crippen LogP contribution in [-0.2, 0) is 4.74 Å². The Balaban J connectivity index is 3.92. The van der Waals surface area contributed by atoms with Crippen LogP contribution in [0.15, 0.2) is 0 Å². The van der Waals surface area contributed by atoms with Crippen LogP contribution in [0.3, 0.4) is 0 Å². The zero-order valence-corrected chi connectivity index (χ0v) is 7.76. The van der Waals surface area contributed by atoms with Crippen molar-refractivity contribution < 1.29 is 9.53 Å². The van der Waals surface area contributed by atoms with Gasteiger partial charge in [0, 0.05) is 12.6 Å². The molecule has 1 amide bonds. The van der Waals surface area contributed by atoms with E-state index in [1.165, 1.54) is 0 Å². The third-order valence-electron chi connectivity index (χ3n) is 1.47. The fourth-order valence-corrected chi connectivity index (χ4v) is 0.911. The SMILES string of the molecule is CCOC(=O)N(CC)C(C)C. The monoisotopic (exact) mass is 159 g/mol. The number of nitrogens with zero attached hydrogens (tertiary/aromatic N) is 1. The van der Waals surface area contributed by atoms with E-state index >= 15 is 0 Å². The number of ether oxygens (including phenoxy) is 1. The zero-order valence-electron chi connectivity index (χ0n) is 7.76. The minimum atomic E-state index is -0.218. The molecular formula is C8H17NO2. The van der Waals surface area contributed by atoms with Crippen LogP contribution in [0.1, 0.15) is 27.7 Å². The molecule has 0 aromatic rings. The maximum atomic E-state index is 11.1. The molecule has 0 aliphatic heterocycles. The average Bonchev–Trinajstić information content (AvgIpc) is 1.88. The number of carbonyl (C=O) groups is 1. The molecule has 0 bridgehead atoms. The zero-order chi connectivity index (χ0) is 8.85. The molecule has 0 rings (SSSR count). The van der Waals surface area contributed by atoms with Crippen molar-refractivity contribution in [2.24, 2.45) is 0 Å². The second-order valence-corrected chi connectivity index (χ2v) is 2.58. The lowest BCUT2D eigenvalue weighted by molar-refractivity contribution is 0.0985. The summed E-state index contributed by atoms with van der Waals surface area (Å²) in [5.41, 5.74) is 0. The van der Waals surface area contributed by atoms with Gasteiger partial charge in [-0.05, 0) is 27.7 Å². The number of hydrogen-bond donors (Lipinski definition) is 0. The molecular weight excluding hydrogens is 142 g/mol. The van der Waals surface area contributed by atoms with Crippen LogP contribution < -0.4 is 0 Å². The first-order valence-electron chi connectivity index (χ1n) is 4.06. The summed E-state index contributed by atoms with van der Waals surface area (Å²) in [7, 11) is 0. The molecule has 0 fully saturated rings. The van der Waals surface area contributed by atoms with E-state index in [-0.39, 0.29) is 12.1 Å². The van der Waals surface area contributed by atoms with Crippen molar-refractivity contribution in [2.75, 3.05) is 13.2 Å². The molecule has 0 aliphatic carbocycles. The largest absolute Gasteiger partial charge is 0.450 e. The van der Waals surface area contributed by atoms with Crippen molar-refractivity contribution in [3.63, 3.8) is 0 Å². The normalized spacial score (nSPS) is 9.91. The van der Waals surface area contributed by atoms with E-state index in [9.17, 15) is 4.79 Å². The van der Waals surface area contributed by atoms with Crippen molar-refractivity contribution in [3.8, 4) is 0 Å². The predicted molar refractivity (Wildman–Crippen MR) is 44.5 cm³/mol. The molecule has 0 radical (unpaired) electrons. The van der Waals surface area contributed by atoms with Crippen LogP contribution in [0.2, 0.25) is 0 Å². The molecule has 66 valence electrons. The van der Waals surface area contributed by atoms with Gasteiger partial charge < -0.3 is 9.64 Å². The van der Waals surface area contributed by atoms with E-state index in [1.807, 2.05) is 27.7 Å². The lowest BCUT2D eigenvalue weighted by Gasteiger charge is -2.23. The molecule has 0 unspecified atom stereocenters. The van der Waals surface area contributed by atoms with Gasteiger partial charge in [-0.2, -0.15) is 0 Å². The van der Waals surface area contributed by atoms with Gasteiger partial charge in [0.05, 0.1) is 6.61 Å². The number of hydrogen-bond acceptors (Lipinski definition) is 2. The van der Waals surface area contributed by atoms with E-state index < -0.39 is 0 Å². The highest BCUT2D eigenvalue weighted by Crippen LogP contribution is 2.00. The van der Waals surface area contributed by atoms with E-state index in [4.69, 9.17) is 4.74 Å². The van der Waals surface area contributed by atoms with Gasteiger partial charge in [-0.3, -0.25) is 0 Å². The fraction of sp³-hybridized carbons (Fsp3) is 0.875. The van der Waals surface area contributed by atoms with Crippen LogP contribution in [0.25, 0.3) is 0 Å². The molecule has 0 N–H and O–H groups in total. The molecule has 0 saturated heterocycles. The Morgan fingerprint density at radius 2 is 2.00 bits per heavy atom. The first-order valence-corrected chi connectivity index (χ1v) is 4.06. The first-order chi connectivity index (χ1) is 5.13. The standard InChI is InChI=1S/C8H17NO2/c1-5-9(7(3)4)8(10)11-6-2/h7H,5-6H2,1-4H3. The van der Waals surface area contributed by atoms with Crippen LogP contribution >= 0.6 is 0 Å². The Hall–Kier alpha value is -0.730. The summed E-state index contributed by atoms with van der Waals surface area (Å²) in [6.07, 6.45) is -0.218. The van der Waals surface area contributed by atoms with Crippen molar-refractivity contribution in [3.05, 3.63) is 0 Å². The number of amides is 1. The van der Waals surface area contributed by atoms with Gasteiger partial charge in [0.1, 0.15) is 0 Å². The van der Waals surface area contributed by atoms with Gasteiger partial charge in [0.25, 0.3) is 0 Å². The van der Waals surface area contributed by atoms with E-state index in [0.29, 0.717) is 13.2 Å². The fourth-order valence-electron chi connectivity index (χ4n) is 0.911. The highest BCUT2D eigenvalue weighted by Gasteiger charge is 2.14. The maximum absolute atomic E-state index is 11.1. The molecule has 0 aliphatic rings. The summed E-state index contributed by atoms with van der Waals surface area (Å²) in [6.45, 7) is 8.85. The van der Waals surface area contributed by atoms with E-state index in [0.717, 1.165) is 0 Å². The van der Waals surface area contributed by atoms with Gasteiger partial charge in [-0.1, -0.05) is 0 Å². The van der Waals surface area contributed by atoms with Crippen molar-refractivity contribution in [1.29, 1.82) is 0 Å². The van der Waals surface area contributed by atoms with Gasteiger partial charge in [0.2, 0.25) is 0 Å².